The number of hydrogen-bond acceptors (Lipinski definition) is 8. The van der Waals surface area contributed by atoms with E-state index in [9.17, 15) is 9.59 Å². The van der Waals surface area contributed by atoms with Crippen molar-refractivity contribution in [3.8, 4) is 16.5 Å². The van der Waals surface area contributed by atoms with Crippen LogP contribution in [0.15, 0.2) is 46.3 Å². The molecule has 3 rings (SSSR count). The second-order valence-corrected chi connectivity index (χ2v) is 5.57. The van der Waals surface area contributed by atoms with Crippen LogP contribution in [-0.2, 0) is 16.1 Å². The van der Waals surface area contributed by atoms with E-state index in [0.717, 1.165) is 11.2 Å². The van der Waals surface area contributed by atoms with Crippen LogP contribution in [0, 0.1) is 0 Å². The molecule has 0 spiro atoms. The number of esters is 1. The first-order chi connectivity index (χ1) is 11.7. The number of hydrogen-bond donors (Lipinski definition) is 0. The van der Waals surface area contributed by atoms with Crippen LogP contribution in [0.5, 0.6) is 5.75 Å². The van der Waals surface area contributed by atoms with Crippen molar-refractivity contribution in [3.63, 3.8) is 0 Å². The van der Waals surface area contributed by atoms with E-state index in [1.54, 1.807) is 24.3 Å². The van der Waals surface area contributed by atoms with E-state index >= 15 is 0 Å². The molecule has 7 nitrogen and oxygen atoms in total. The minimum absolute atomic E-state index is 0.120. The van der Waals surface area contributed by atoms with E-state index in [0.29, 0.717) is 17.1 Å². The third-order valence-corrected chi connectivity index (χ3v) is 3.80. The summed E-state index contributed by atoms with van der Waals surface area (Å²) in [7, 11) is 0. The minimum Gasteiger partial charge on any atom is -0.482 e. The summed E-state index contributed by atoms with van der Waals surface area (Å²) in [5.74, 6) is 0.574. The standard InChI is InChI=1S/C16H12N2O5S/c19-8-11-3-5-12(6-4-11)21-10-15(20)22-9-14-17-16(18-23-14)13-2-1-7-24-13/h1-8H,9-10H2. The molecule has 0 atom stereocenters. The van der Waals surface area contributed by atoms with Gasteiger partial charge in [0.25, 0.3) is 5.89 Å². The number of rotatable bonds is 7. The molecule has 3 aromatic rings. The lowest BCUT2D eigenvalue weighted by molar-refractivity contribution is -0.148. The summed E-state index contributed by atoms with van der Waals surface area (Å²) in [6, 6.07) is 10.1. The van der Waals surface area contributed by atoms with Crippen LogP contribution < -0.4 is 4.74 Å². The molecule has 24 heavy (non-hydrogen) atoms. The van der Waals surface area contributed by atoms with Crippen molar-refractivity contribution < 1.29 is 23.6 Å². The third-order valence-electron chi connectivity index (χ3n) is 2.94. The molecule has 0 unspecified atom stereocenters. The SMILES string of the molecule is O=Cc1ccc(OCC(=O)OCc2nc(-c3cccs3)no2)cc1. The fourth-order valence-corrected chi connectivity index (χ4v) is 2.44. The Morgan fingerprint density at radius 1 is 1.25 bits per heavy atom. The van der Waals surface area contributed by atoms with Crippen molar-refractivity contribution in [2.24, 2.45) is 0 Å². The van der Waals surface area contributed by atoms with Gasteiger partial charge in [0.05, 0.1) is 4.88 Å². The molecular formula is C16H12N2O5S. The summed E-state index contributed by atoms with van der Waals surface area (Å²) < 4.78 is 15.3. The Kier molecular flexibility index (Phi) is 4.97. The normalized spacial score (nSPS) is 10.3. The Morgan fingerprint density at radius 2 is 2.08 bits per heavy atom. The highest BCUT2D eigenvalue weighted by atomic mass is 32.1. The first-order valence-electron chi connectivity index (χ1n) is 6.95. The van der Waals surface area contributed by atoms with Gasteiger partial charge in [0.15, 0.2) is 13.2 Å². The molecule has 0 saturated carbocycles. The van der Waals surface area contributed by atoms with Crippen LogP contribution in [0.4, 0.5) is 0 Å². The lowest BCUT2D eigenvalue weighted by atomic mass is 10.2. The van der Waals surface area contributed by atoms with E-state index in [1.165, 1.54) is 11.3 Å². The third kappa shape index (κ3) is 4.05. The summed E-state index contributed by atoms with van der Waals surface area (Å²) in [4.78, 5) is 27.2. The van der Waals surface area contributed by atoms with Gasteiger partial charge in [0.2, 0.25) is 5.82 Å². The monoisotopic (exact) mass is 344 g/mol. The molecule has 0 N–H and O–H groups in total. The largest absolute Gasteiger partial charge is 0.482 e. The van der Waals surface area contributed by atoms with Crippen molar-refractivity contribution in [3.05, 3.63) is 53.2 Å². The Bertz CT molecular complexity index is 811. The number of aldehydes is 1. The lowest BCUT2D eigenvalue weighted by Gasteiger charge is -2.05. The number of carbonyl (C=O) groups excluding carboxylic acids is 2. The zero-order chi connectivity index (χ0) is 16.8. The molecule has 2 aromatic heterocycles. The smallest absolute Gasteiger partial charge is 0.344 e. The minimum atomic E-state index is -0.565. The molecule has 0 aliphatic carbocycles. The van der Waals surface area contributed by atoms with Crippen molar-refractivity contribution >= 4 is 23.6 Å². The van der Waals surface area contributed by atoms with Crippen molar-refractivity contribution in [2.75, 3.05) is 6.61 Å². The van der Waals surface area contributed by atoms with Gasteiger partial charge in [-0.15, -0.1) is 11.3 Å². The maximum atomic E-state index is 11.7. The molecule has 0 radical (unpaired) electrons. The van der Waals surface area contributed by atoms with Crippen molar-refractivity contribution in [1.29, 1.82) is 0 Å². The number of benzene rings is 1. The molecule has 0 aliphatic heterocycles. The highest BCUT2D eigenvalue weighted by Gasteiger charge is 2.12. The molecule has 0 saturated heterocycles. The van der Waals surface area contributed by atoms with E-state index < -0.39 is 5.97 Å². The van der Waals surface area contributed by atoms with Crippen LogP contribution in [0.1, 0.15) is 16.2 Å². The molecular weight excluding hydrogens is 332 g/mol. The Morgan fingerprint density at radius 3 is 2.79 bits per heavy atom. The summed E-state index contributed by atoms with van der Waals surface area (Å²) in [5, 5.41) is 5.73. The van der Waals surface area contributed by atoms with Gasteiger partial charge in [-0.1, -0.05) is 11.2 Å². The summed E-state index contributed by atoms with van der Waals surface area (Å²) >= 11 is 1.49. The number of carbonyl (C=O) groups is 2. The van der Waals surface area contributed by atoms with Crippen molar-refractivity contribution in [1.82, 2.24) is 10.1 Å². The predicted molar refractivity (Wildman–Crippen MR) is 84.7 cm³/mol. The maximum Gasteiger partial charge on any atom is 0.344 e. The molecule has 0 fully saturated rings. The van der Waals surface area contributed by atoms with E-state index in [1.807, 2.05) is 17.5 Å². The number of nitrogens with zero attached hydrogens (tertiary/aromatic N) is 2. The topological polar surface area (TPSA) is 91.5 Å². The van der Waals surface area contributed by atoms with Gasteiger partial charge in [-0.3, -0.25) is 4.79 Å². The van der Waals surface area contributed by atoms with Crippen LogP contribution in [0.25, 0.3) is 10.7 Å². The van der Waals surface area contributed by atoms with E-state index in [2.05, 4.69) is 10.1 Å². The molecule has 0 amide bonds. The van der Waals surface area contributed by atoms with E-state index in [4.69, 9.17) is 14.0 Å². The Labute approximate surface area is 140 Å². The summed E-state index contributed by atoms with van der Waals surface area (Å²) in [5.41, 5.74) is 0.530. The van der Waals surface area contributed by atoms with Crippen molar-refractivity contribution in [2.45, 2.75) is 6.61 Å². The average molecular weight is 344 g/mol. The fraction of sp³-hybridized carbons (Fsp3) is 0.125. The molecule has 0 aliphatic rings. The number of ether oxygens (including phenoxy) is 2. The van der Waals surface area contributed by atoms with Crippen LogP contribution >= 0.6 is 11.3 Å². The van der Waals surface area contributed by atoms with Crippen LogP contribution in [-0.4, -0.2) is 29.0 Å². The molecule has 0 bridgehead atoms. The van der Waals surface area contributed by atoms with Gasteiger partial charge >= 0.3 is 5.97 Å². The van der Waals surface area contributed by atoms with Gasteiger partial charge in [0, 0.05) is 5.56 Å². The predicted octanol–water partition coefficient (Wildman–Crippen LogP) is 2.73. The van der Waals surface area contributed by atoms with Gasteiger partial charge in [-0.2, -0.15) is 4.98 Å². The second-order valence-electron chi connectivity index (χ2n) is 4.63. The molecule has 122 valence electrons. The van der Waals surface area contributed by atoms with Crippen LogP contribution in [0.2, 0.25) is 0 Å². The van der Waals surface area contributed by atoms with E-state index in [-0.39, 0.29) is 19.1 Å². The Balaban J connectivity index is 1.46. The van der Waals surface area contributed by atoms with Gasteiger partial charge in [-0.25, -0.2) is 4.79 Å². The molecule has 8 heteroatoms. The van der Waals surface area contributed by atoms with Gasteiger partial charge in [0.1, 0.15) is 12.0 Å². The van der Waals surface area contributed by atoms with Gasteiger partial charge in [-0.05, 0) is 35.7 Å². The molecule has 1 aromatic carbocycles. The lowest BCUT2D eigenvalue weighted by Crippen LogP contribution is -2.14. The number of aromatic nitrogens is 2. The summed E-state index contributed by atoms with van der Waals surface area (Å²) in [6.45, 7) is -0.378. The highest BCUT2D eigenvalue weighted by Crippen LogP contribution is 2.21. The zero-order valence-corrected chi connectivity index (χ0v) is 13.2. The first kappa shape index (κ1) is 15.9. The highest BCUT2D eigenvalue weighted by molar-refractivity contribution is 7.13. The second kappa shape index (κ2) is 7.51. The quantitative estimate of drug-likeness (QED) is 0.480. The summed E-state index contributed by atoms with van der Waals surface area (Å²) in [6.07, 6.45) is 0.729. The van der Waals surface area contributed by atoms with Crippen LogP contribution in [0.3, 0.4) is 0 Å². The fourth-order valence-electron chi connectivity index (χ4n) is 1.79. The maximum absolute atomic E-state index is 11.7. The zero-order valence-electron chi connectivity index (χ0n) is 12.4. The number of thiophene rings is 1. The average Bonchev–Trinajstić information content (AvgIpc) is 3.29. The molecule has 2 heterocycles. The van der Waals surface area contributed by atoms with Gasteiger partial charge < -0.3 is 14.0 Å². The first-order valence-corrected chi connectivity index (χ1v) is 7.82. The Hall–Kier alpha value is -3.00.